The molecule has 0 bridgehead atoms. The SMILES string of the molecule is Cc1cncc(-c2cc(C)sc2F)c1. The molecule has 2 heterocycles. The molecule has 0 aliphatic heterocycles. The van der Waals surface area contributed by atoms with Gasteiger partial charge >= 0.3 is 0 Å². The molecule has 14 heavy (non-hydrogen) atoms. The fourth-order valence-corrected chi connectivity index (χ4v) is 2.13. The Hall–Kier alpha value is -1.22. The van der Waals surface area contributed by atoms with E-state index in [-0.39, 0.29) is 5.13 Å². The van der Waals surface area contributed by atoms with Gasteiger partial charge in [-0.3, -0.25) is 4.98 Å². The van der Waals surface area contributed by atoms with E-state index in [1.54, 1.807) is 12.4 Å². The van der Waals surface area contributed by atoms with Gasteiger partial charge in [0, 0.05) is 28.4 Å². The molecule has 0 aromatic carbocycles. The number of halogens is 1. The fourth-order valence-electron chi connectivity index (χ4n) is 1.38. The zero-order valence-corrected chi connectivity index (χ0v) is 8.86. The predicted octanol–water partition coefficient (Wildman–Crippen LogP) is 3.57. The van der Waals surface area contributed by atoms with Crippen LogP contribution in [0.25, 0.3) is 11.1 Å². The monoisotopic (exact) mass is 207 g/mol. The second kappa shape index (κ2) is 3.50. The topological polar surface area (TPSA) is 12.9 Å². The lowest BCUT2D eigenvalue weighted by molar-refractivity contribution is 0.660. The van der Waals surface area contributed by atoms with Crippen LogP contribution >= 0.6 is 11.3 Å². The van der Waals surface area contributed by atoms with E-state index in [2.05, 4.69) is 4.98 Å². The zero-order chi connectivity index (χ0) is 10.1. The van der Waals surface area contributed by atoms with E-state index in [9.17, 15) is 4.39 Å². The van der Waals surface area contributed by atoms with Crippen LogP contribution in [0.4, 0.5) is 4.39 Å². The van der Waals surface area contributed by atoms with Gasteiger partial charge in [-0.1, -0.05) is 0 Å². The molecule has 72 valence electrons. The number of rotatable bonds is 1. The van der Waals surface area contributed by atoms with Gasteiger partial charge in [0.2, 0.25) is 0 Å². The van der Waals surface area contributed by atoms with Crippen LogP contribution in [0.1, 0.15) is 10.4 Å². The van der Waals surface area contributed by atoms with Gasteiger partial charge in [0.1, 0.15) is 0 Å². The van der Waals surface area contributed by atoms with Crippen molar-refractivity contribution in [2.24, 2.45) is 0 Å². The van der Waals surface area contributed by atoms with Crippen molar-refractivity contribution in [3.8, 4) is 11.1 Å². The first-order valence-electron chi connectivity index (χ1n) is 4.35. The summed E-state index contributed by atoms with van der Waals surface area (Å²) in [7, 11) is 0. The number of hydrogen-bond acceptors (Lipinski definition) is 2. The Balaban J connectivity index is 2.54. The summed E-state index contributed by atoms with van der Waals surface area (Å²) in [6.45, 7) is 3.86. The van der Waals surface area contributed by atoms with Crippen LogP contribution in [-0.2, 0) is 0 Å². The van der Waals surface area contributed by atoms with E-state index >= 15 is 0 Å². The van der Waals surface area contributed by atoms with E-state index in [1.807, 2.05) is 26.0 Å². The molecule has 2 aromatic heterocycles. The molecular weight excluding hydrogens is 197 g/mol. The van der Waals surface area contributed by atoms with Crippen LogP contribution in [0.5, 0.6) is 0 Å². The van der Waals surface area contributed by atoms with Gasteiger partial charge in [-0.05, 0) is 31.5 Å². The van der Waals surface area contributed by atoms with Gasteiger partial charge in [0.05, 0.1) is 0 Å². The molecule has 0 radical (unpaired) electrons. The molecule has 0 saturated carbocycles. The molecular formula is C11H10FNS. The summed E-state index contributed by atoms with van der Waals surface area (Å²) in [6, 6.07) is 3.80. The van der Waals surface area contributed by atoms with Crippen LogP contribution in [0.3, 0.4) is 0 Å². The van der Waals surface area contributed by atoms with Gasteiger partial charge in [0.15, 0.2) is 5.13 Å². The minimum absolute atomic E-state index is 0.130. The Morgan fingerprint density at radius 1 is 1.21 bits per heavy atom. The van der Waals surface area contributed by atoms with Crippen LogP contribution in [0.2, 0.25) is 0 Å². The number of pyridine rings is 1. The quantitative estimate of drug-likeness (QED) is 0.696. The molecule has 0 N–H and O–H groups in total. The maximum atomic E-state index is 13.4. The van der Waals surface area contributed by atoms with Crippen molar-refractivity contribution >= 4 is 11.3 Å². The van der Waals surface area contributed by atoms with E-state index < -0.39 is 0 Å². The van der Waals surface area contributed by atoms with Crippen molar-refractivity contribution in [3.05, 3.63) is 40.1 Å². The predicted molar refractivity (Wildman–Crippen MR) is 57.0 cm³/mol. The van der Waals surface area contributed by atoms with Crippen molar-refractivity contribution in [1.82, 2.24) is 4.98 Å². The van der Waals surface area contributed by atoms with Crippen LogP contribution in [-0.4, -0.2) is 4.98 Å². The summed E-state index contributed by atoms with van der Waals surface area (Å²) in [5.41, 5.74) is 2.56. The first-order valence-corrected chi connectivity index (χ1v) is 5.16. The molecule has 3 heteroatoms. The Morgan fingerprint density at radius 3 is 2.57 bits per heavy atom. The lowest BCUT2D eigenvalue weighted by Gasteiger charge is -1.98. The van der Waals surface area contributed by atoms with Crippen molar-refractivity contribution in [2.45, 2.75) is 13.8 Å². The smallest absolute Gasteiger partial charge is 0.184 e. The molecule has 0 spiro atoms. The summed E-state index contributed by atoms with van der Waals surface area (Å²) >= 11 is 1.18. The normalized spacial score (nSPS) is 10.5. The van der Waals surface area contributed by atoms with Gasteiger partial charge in [-0.15, -0.1) is 11.3 Å². The van der Waals surface area contributed by atoms with E-state index in [0.29, 0.717) is 5.56 Å². The molecule has 0 saturated heterocycles. The second-order valence-electron chi connectivity index (χ2n) is 3.30. The summed E-state index contributed by atoms with van der Waals surface area (Å²) in [5.74, 6) is 0. The van der Waals surface area contributed by atoms with E-state index in [0.717, 1.165) is 16.0 Å². The number of nitrogens with zero attached hydrogens (tertiary/aromatic N) is 1. The molecule has 0 fully saturated rings. The highest BCUT2D eigenvalue weighted by Gasteiger charge is 2.08. The Bertz CT molecular complexity index is 462. The average Bonchev–Trinajstić information content (AvgIpc) is 2.45. The first kappa shape index (κ1) is 9.34. The van der Waals surface area contributed by atoms with Gasteiger partial charge < -0.3 is 0 Å². The Kier molecular flexibility index (Phi) is 2.33. The van der Waals surface area contributed by atoms with Gasteiger partial charge in [-0.25, -0.2) is 0 Å². The van der Waals surface area contributed by atoms with Crippen molar-refractivity contribution < 1.29 is 4.39 Å². The maximum absolute atomic E-state index is 13.4. The molecule has 0 unspecified atom stereocenters. The number of aromatic nitrogens is 1. The van der Waals surface area contributed by atoms with E-state index in [4.69, 9.17) is 0 Å². The highest BCUT2D eigenvalue weighted by Crippen LogP contribution is 2.29. The maximum Gasteiger partial charge on any atom is 0.184 e. The molecule has 2 aromatic rings. The van der Waals surface area contributed by atoms with Gasteiger partial charge in [0.25, 0.3) is 0 Å². The highest BCUT2D eigenvalue weighted by molar-refractivity contribution is 7.10. The lowest BCUT2D eigenvalue weighted by Crippen LogP contribution is -1.81. The third-order valence-corrected chi connectivity index (χ3v) is 2.83. The summed E-state index contributed by atoms with van der Waals surface area (Å²) in [6.07, 6.45) is 3.46. The minimum atomic E-state index is -0.130. The second-order valence-corrected chi connectivity index (χ2v) is 4.50. The number of thiophene rings is 1. The first-order chi connectivity index (χ1) is 6.66. The molecule has 0 aliphatic rings. The van der Waals surface area contributed by atoms with Crippen LogP contribution in [0, 0.1) is 19.0 Å². The number of hydrogen-bond donors (Lipinski definition) is 0. The molecule has 0 aliphatic carbocycles. The van der Waals surface area contributed by atoms with Gasteiger partial charge in [-0.2, -0.15) is 4.39 Å². The van der Waals surface area contributed by atoms with E-state index in [1.165, 1.54) is 11.3 Å². The summed E-state index contributed by atoms with van der Waals surface area (Å²) in [5, 5.41) is -0.130. The minimum Gasteiger partial charge on any atom is -0.264 e. The third-order valence-electron chi connectivity index (χ3n) is 2.00. The Labute approximate surface area is 86.2 Å². The van der Waals surface area contributed by atoms with Crippen molar-refractivity contribution in [3.63, 3.8) is 0 Å². The van der Waals surface area contributed by atoms with Crippen LogP contribution in [0.15, 0.2) is 24.5 Å². The van der Waals surface area contributed by atoms with Crippen molar-refractivity contribution in [2.75, 3.05) is 0 Å². The number of aryl methyl sites for hydroxylation is 2. The van der Waals surface area contributed by atoms with Crippen LogP contribution < -0.4 is 0 Å². The summed E-state index contributed by atoms with van der Waals surface area (Å²) in [4.78, 5) is 5.03. The largest absolute Gasteiger partial charge is 0.264 e. The Morgan fingerprint density at radius 2 is 2.00 bits per heavy atom. The molecule has 2 rings (SSSR count). The van der Waals surface area contributed by atoms with Crippen molar-refractivity contribution in [1.29, 1.82) is 0 Å². The zero-order valence-electron chi connectivity index (χ0n) is 8.04. The molecule has 0 atom stereocenters. The molecule has 0 amide bonds. The summed E-state index contributed by atoms with van der Waals surface area (Å²) < 4.78 is 13.4. The standard InChI is InChI=1S/C11H10FNS/c1-7-3-9(6-13-5-7)10-4-8(2)14-11(10)12/h3-6H,1-2H3. The third kappa shape index (κ3) is 1.68. The fraction of sp³-hybridized carbons (Fsp3) is 0.182. The average molecular weight is 207 g/mol. The highest BCUT2D eigenvalue weighted by atomic mass is 32.1. The molecule has 1 nitrogen and oxygen atoms in total. The lowest BCUT2D eigenvalue weighted by atomic mass is 10.1.